The Labute approximate surface area is 198 Å². The van der Waals surface area contributed by atoms with E-state index in [1.165, 1.54) is 0 Å². The molecule has 1 fully saturated rings. The highest BCUT2D eigenvalue weighted by molar-refractivity contribution is 5.75. The Bertz CT molecular complexity index is 526. The van der Waals surface area contributed by atoms with Gasteiger partial charge in [-0.05, 0) is 77.0 Å². The fourth-order valence-corrected chi connectivity index (χ4v) is 4.88. The summed E-state index contributed by atoms with van der Waals surface area (Å²) in [7, 11) is 0. The lowest BCUT2D eigenvalue weighted by Gasteiger charge is -2.53. The SMILES string of the molecule is CCC(C)N(C(=O)NCC1CC(CNC(=O)N(C(C)CC)C(C)CC)C1(C)C)C(C)CC. The molecule has 1 rings (SSSR count). The number of nitrogens with one attached hydrogen (secondary N) is 2. The molecule has 0 aromatic rings. The van der Waals surface area contributed by atoms with E-state index < -0.39 is 0 Å². The molecule has 6 atom stereocenters. The van der Waals surface area contributed by atoms with Gasteiger partial charge in [0.05, 0.1) is 0 Å². The molecule has 188 valence electrons. The monoisotopic (exact) mass is 452 g/mol. The molecule has 6 unspecified atom stereocenters. The van der Waals surface area contributed by atoms with Crippen LogP contribution >= 0.6 is 0 Å². The summed E-state index contributed by atoms with van der Waals surface area (Å²) in [6.07, 6.45) is 4.86. The molecule has 0 bridgehead atoms. The van der Waals surface area contributed by atoms with Crippen molar-refractivity contribution in [3.63, 3.8) is 0 Å². The smallest absolute Gasteiger partial charge is 0.317 e. The van der Waals surface area contributed by atoms with Crippen molar-refractivity contribution in [3.05, 3.63) is 0 Å². The van der Waals surface area contributed by atoms with Gasteiger partial charge in [0.2, 0.25) is 0 Å². The van der Waals surface area contributed by atoms with Crippen molar-refractivity contribution in [2.75, 3.05) is 13.1 Å². The Hall–Kier alpha value is -1.46. The molecule has 1 aliphatic rings. The molecule has 0 aromatic heterocycles. The van der Waals surface area contributed by atoms with E-state index in [0.29, 0.717) is 24.9 Å². The van der Waals surface area contributed by atoms with Crippen LogP contribution in [-0.2, 0) is 0 Å². The third kappa shape index (κ3) is 6.77. The summed E-state index contributed by atoms with van der Waals surface area (Å²) in [6, 6.07) is 1.06. The summed E-state index contributed by atoms with van der Waals surface area (Å²) < 4.78 is 0. The number of amides is 4. The molecule has 1 saturated carbocycles. The Morgan fingerprint density at radius 2 is 1.00 bits per heavy atom. The van der Waals surface area contributed by atoms with Crippen molar-refractivity contribution in [1.82, 2.24) is 20.4 Å². The normalized spacial score (nSPS) is 23.3. The molecule has 4 amide bonds. The predicted octanol–water partition coefficient (Wildman–Crippen LogP) is 5.87. The number of hydrogen-bond acceptors (Lipinski definition) is 2. The molecule has 32 heavy (non-hydrogen) atoms. The van der Waals surface area contributed by atoms with Crippen LogP contribution < -0.4 is 10.6 Å². The van der Waals surface area contributed by atoms with E-state index in [1.54, 1.807) is 0 Å². The Morgan fingerprint density at radius 1 is 0.719 bits per heavy atom. The summed E-state index contributed by atoms with van der Waals surface area (Å²) in [6.45, 7) is 23.0. The summed E-state index contributed by atoms with van der Waals surface area (Å²) in [5.41, 5.74) is 0.0930. The first-order valence-electron chi connectivity index (χ1n) is 13.1. The van der Waals surface area contributed by atoms with Crippen molar-refractivity contribution in [2.24, 2.45) is 17.3 Å². The zero-order valence-electron chi connectivity index (χ0n) is 22.6. The lowest BCUT2D eigenvalue weighted by molar-refractivity contribution is -0.0165. The highest BCUT2D eigenvalue weighted by atomic mass is 16.2. The topological polar surface area (TPSA) is 64.7 Å². The number of hydrogen-bond donors (Lipinski definition) is 2. The van der Waals surface area contributed by atoms with E-state index in [0.717, 1.165) is 32.1 Å². The molecule has 1 aliphatic carbocycles. The zero-order chi connectivity index (χ0) is 24.6. The quantitative estimate of drug-likeness (QED) is 0.389. The van der Waals surface area contributed by atoms with Crippen LogP contribution in [0.5, 0.6) is 0 Å². The van der Waals surface area contributed by atoms with Crippen LogP contribution in [-0.4, -0.2) is 59.1 Å². The van der Waals surface area contributed by atoms with Gasteiger partial charge in [-0.1, -0.05) is 41.5 Å². The van der Waals surface area contributed by atoms with Crippen LogP contribution in [0.3, 0.4) is 0 Å². The lowest BCUT2D eigenvalue weighted by Crippen LogP contribution is -2.57. The first-order valence-corrected chi connectivity index (χ1v) is 13.1. The van der Waals surface area contributed by atoms with Gasteiger partial charge in [0, 0.05) is 37.3 Å². The number of urea groups is 2. The third-order valence-corrected chi connectivity index (χ3v) is 8.40. The maximum atomic E-state index is 12.9. The zero-order valence-corrected chi connectivity index (χ0v) is 22.6. The standard InChI is InChI=1S/C26H52N4O2/c1-11-18(5)29(19(6)12-2)24(31)27-16-22-15-23(26(22,9)10)17-28-25(32)30(20(7)13-3)21(8)14-4/h18-23H,11-17H2,1-10H3,(H,27,31)(H,28,32). The van der Waals surface area contributed by atoms with Gasteiger partial charge >= 0.3 is 12.1 Å². The molecule has 6 nitrogen and oxygen atoms in total. The van der Waals surface area contributed by atoms with Crippen LogP contribution in [0.1, 0.15) is 101 Å². The highest BCUT2D eigenvalue weighted by Crippen LogP contribution is 2.50. The second kappa shape index (κ2) is 12.7. The summed E-state index contributed by atoms with van der Waals surface area (Å²) in [5.74, 6) is 0.869. The molecule has 0 spiro atoms. The molecule has 2 N–H and O–H groups in total. The second-order valence-electron chi connectivity index (χ2n) is 10.7. The van der Waals surface area contributed by atoms with E-state index in [-0.39, 0.29) is 41.6 Å². The van der Waals surface area contributed by atoms with E-state index in [1.807, 2.05) is 9.80 Å². The van der Waals surface area contributed by atoms with E-state index in [9.17, 15) is 9.59 Å². The Balaban J connectivity index is 2.61. The fraction of sp³-hybridized carbons (Fsp3) is 0.923. The summed E-state index contributed by atoms with van der Waals surface area (Å²) in [5, 5.41) is 6.42. The number of carbonyl (C=O) groups excluding carboxylic acids is 2. The van der Waals surface area contributed by atoms with Crippen molar-refractivity contribution < 1.29 is 9.59 Å². The lowest BCUT2D eigenvalue weighted by atomic mass is 9.54. The molecule has 0 aliphatic heterocycles. The van der Waals surface area contributed by atoms with E-state index >= 15 is 0 Å². The van der Waals surface area contributed by atoms with E-state index in [4.69, 9.17) is 0 Å². The molecular formula is C26H52N4O2. The summed E-state index contributed by atoms with van der Waals surface area (Å²) >= 11 is 0. The van der Waals surface area contributed by atoms with Crippen molar-refractivity contribution >= 4 is 12.1 Å². The van der Waals surface area contributed by atoms with Gasteiger partial charge in [-0.2, -0.15) is 0 Å². The van der Waals surface area contributed by atoms with Gasteiger partial charge in [-0.15, -0.1) is 0 Å². The average molecular weight is 453 g/mol. The first kappa shape index (κ1) is 28.6. The van der Waals surface area contributed by atoms with Crippen molar-refractivity contribution in [2.45, 2.75) is 126 Å². The van der Waals surface area contributed by atoms with Crippen LogP contribution in [0.4, 0.5) is 9.59 Å². The maximum Gasteiger partial charge on any atom is 0.317 e. The van der Waals surface area contributed by atoms with Gasteiger partial charge in [0.15, 0.2) is 0 Å². The fourth-order valence-electron chi connectivity index (χ4n) is 4.88. The van der Waals surface area contributed by atoms with Crippen molar-refractivity contribution in [1.29, 1.82) is 0 Å². The number of nitrogens with zero attached hydrogens (tertiary/aromatic N) is 2. The van der Waals surface area contributed by atoms with E-state index in [2.05, 4.69) is 79.9 Å². The third-order valence-electron chi connectivity index (χ3n) is 8.40. The van der Waals surface area contributed by atoms with Crippen LogP contribution in [0, 0.1) is 17.3 Å². The second-order valence-corrected chi connectivity index (χ2v) is 10.7. The number of rotatable bonds is 12. The van der Waals surface area contributed by atoms with Gasteiger partial charge in [-0.3, -0.25) is 0 Å². The van der Waals surface area contributed by atoms with Crippen LogP contribution in [0.2, 0.25) is 0 Å². The Kier molecular flexibility index (Phi) is 11.3. The van der Waals surface area contributed by atoms with Crippen LogP contribution in [0.25, 0.3) is 0 Å². The largest absolute Gasteiger partial charge is 0.338 e. The summed E-state index contributed by atoms with van der Waals surface area (Å²) in [4.78, 5) is 29.8. The van der Waals surface area contributed by atoms with Gasteiger partial charge < -0.3 is 20.4 Å². The van der Waals surface area contributed by atoms with Crippen LogP contribution in [0.15, 0.2) is 0 Å². The molecule has 0 heterocycles. The number of carbonyl (C=O) groups is 2. The maximum absolute atomic E-state index is 12.9. The Morgan fingerprint density at radius 3 is 1.22 bits per heavy atom. The van der Waals surface area contributed by atoms with Gasteiger partial charge in [0.25, 0.3) is 0 Å². The first-order chi connectivity index (χ1) is 15.0. The average Bonchev–Trinajstić information content (AvgIpc) is 2.77. The molecule has 0 saturated heterocycles. The molecule has 0 radical (unpaired) electrons. The molecular weight excluding hydrogens is 400 g/mol. The minimum atomic E-state index is 0.0546. The van der Waals surface area contributed by atoms with Crippen molar-refractivity contribution in [3.8, 4) is 0 Å². The van der Waals surface area contributed by atoms with Gasteiger partial charge in [-0.25, -0.2) is 9.59 Å². The highest BCUT2D eigenvalue weighted by Gasteiger charge is 2.48. The molecule has 0 aromatic carbocycles. The minimum Gasteiger partial charge on any atom is -0.338 e. The minimum absolute atomic E-state index is 0.0546. The predicted molar refractivity (Wildman–Crippen MR) is 135 cm³/mol. The van der Waals surface area contributed by atoms with Gasteiger partial charge in [0.1, 0.15) is 0 Å². The molecule has 6 heteroatoms.